The van der Waals surface area contributed by atoms with Gasteiger partial charge in [-0.2, -0.15) is 13.2 Å². The van der Waals surface area contributed by atoms with Crippen molar-refractivity contribution < 1.29 is 22.7 Å². The van der Waals surface area contributed by atoms with Gasteiger partial charge in [0, 0.05) is 10.1 Å². The van der Waals surface area contributed by atoms with Crippen molar-refractivity contribution >= 4 is 28.5 Å². The fourth-order valence-electron chi connectivity index (χ4n) is 1.28. The van der Waals surface area contributed by atoms with Crippen molar-refractivity contribution in [2.24, 2.45) is 0 Å². The monoisotopic (exact) mass is 373 g/mol. The van der Waals surface area contributed by atoms with Crippen LogP contribution in [-0.4, -0.2) is 25.7 Å². The number of alkyl halides is 3. The Labute approximate surface area is 116 Å². The van der Waals surface area contributed by atoms with Crippen molar-refractivity contribution in [3.63, 3.8) is 0 Å². The number of halogens is 4. The maximum absolute atomic E-state index is 11.9. The van der Waals surface area contributed by atoms with Crippen LogP contribution in [0.3, 0.4) is 0 Å². The predicted molar refractivity (Wildman–Crippen MR) is 68.5 cm³/mol. The third-order valence-electron chi connectivity index (χ3n) is 2.19. The molecule has 0 saturated heterocycles. The highest BCUT2D eigenvalue weighted by molar-refractivity contribution is 14.1. The van der Waals surface area contributed by atoms with Crippen LogP contribution < -0.4 is 10.1 Å². The zero-order chi connectivity index (χ0) is 13.8. The van der Waals surface area contributed by atoms with Gasteiger partial charge in [-0.1, -0.05) is 0 Å². The first kappa shape index (κ1) is 15.1. The first-order valence-corrected chi connectivity index (χ1v) is 6.10. The van der Waals surface area contributed by atoms with E-state index < -0.39 is 12.1 Å². The third-order valence-corrected chi connectivity index (χ3v) is 3.24. The van der Waals surface area contributed by atoms with E-state index in [0.717, 1.165) is 9.13 Å². The van der Waals surface area contributed by atoms with E-state index in [9.17, 15) is 18.0 Å². The number of hydrogen-bond acceptors (Lipinski definition) is 2. The number of carbonyl (C=O) groups excluding carboxylic acids is 1. The van der Waals surface area contributed by atoms with E-state index in [-0.39, 0.29) is 6.54 Å². The number of amides is 1. The molecule has 0 saturated carbocycles. The fourth-order valence-corrected chi connectivity index (χ4v) is 1.89. The minimum atomic E-state index is -4.83. The normalized spacial score (nSPS) is 11.2. The second-order valence-electron chi connectivity index (χ2n) is 3.46. The van der Waals surface area contributed by atoms with Gasteiger partial charge in [0.2, 0.25) is 0 Å². The first-order valence-electron chi connectivity index (χ1n) is 5.02. The zero-order valence-electron chi connectivity index (χ0n) is 9.47. The van der Waals surface area contributed by atoms with Crippen molar-refractivity contribution in [1.82, 2.24) is 5.32 Å². The minimum Gasteiger partial charge on any atom is -0.497 e. The van der Waals surface area contributed by atoms with Crippen molar-refractivity contribution in [1.29, 1.82) is 0 Å². The predicted octanol–water partition coefficient (Wildman–Crippen LogP) is 2.52. The Hall–Kier alpha value is -0.990. The Balaban J connectivity index is 2.56. The number of carbonyl (C=O) groups is 1. The second-order valence-corrected chi connectivity index (χ2v) is 4.62. The third kappa shape index (κ3) is 4.35. The van der Waals surface area contributed by atoms with E-state index in [1.54, 1.807) is 18.2 Å². The van der Waals surface area contributed by atoms with Crippen LogP contribution in [0.1, 0.15) is 5.56 Å². The van der Waals surface area contributed by atoms with Crippen LogP contribution in [0.15, 0.2) is 18.2 Å². The van der Waals surface area contributed by atoms with Crippen molar-refractivity contribution in [2.75, 3.05) is 13.7 Å². The lowest BCUT2D eigenvalue weighted by molar-refractivity contribution is -0.173. The Kier molecular flexibility index (Phi) is 5.24. The van der Waals surface area contributed by atoms with E-state index in [4.69, 9.17) is 4.74 Å². The van der Waals surface area contributed by atoms with Crippen molar-refractivity contribution in [2.45, 2.75) is 12.6 Å². The zero-order valence-corrected chi connectivity index (χ0v) is 11.6. The van der Waals surface area contributed by atoms with Gasteiger partial charge in [0.25, 0.3) is 0 Å². The second kappa shape index (κ2) is 6.26. The average Bonchev–Trinajstić information content (AvgIpc) is 2.30. The highest BCUT2D eigenvalue weighted by Gasteiger charge is 2.38. The summed E-state index contributed by atoms with van der Waals surface area (Å²) in [6.45, 7) is -0.0679. The SMILES string of the molecule is COc1ccc(I)c(CCNC(=O)C(F)(F)F)c1. The molecular formula is C11H11F3INO2. The largest absolute Gasteiger partial charge is 0.497 e. The molecule has 0 aliphatic heterocycles. The first-order chi connectivity index (χ1) is 8.34. The van der Waals surface area contributed by atoms with Crippen LogP contribution in [0.5, 0.6) is 5.75 Å². The number of methoxy groups -OCH3 is 1. The molecule has 7 heteroatoms. The maximum atomic E-state index is 11.9. The van der Waals surface area contributed by atoms with Crippen LogP contribution in [-0.2, 0) is 11.2 Å². The van der Waals surface area contributed by atoms with Gasteiger partial charge in [0.1, 0.15) is 5.75 Å². The van der Waals surface area contributed by atoms with Crippen LogP contribution in [0.2, 0.25) is 0 Å². The molecule has 1 aromatic rings. The fraction of sp³-hybridized carbons (Fsp3) is 0.364. The van der Waals surface area contributed by atoms with Gasteiger partial charge in [-0.05, 0) is 52.8 Å². The molecule has 1 aromatic carbocycles. The molecule has 0 bridgehead atoms. The van der Waals surface area contributed by atoms with E-state index in [0.29, 0.717) is 12.2 Å². The molecule has 0 radical (unpaired) electrons. The van der Waals surface area contributed by atoms with Gasteiger partial charge >= 0.3 is 12.1 Å². The molecular weight excluding hydrogens is 362 g/mol. The molecule has 0 aliphatic carbocycles. The van der Waals surface area contributed by atoms with E-state index in [2.05, 4.69) is 22.6 Å². The molecule has 18 heavy (non-hydrogen) atoms. The van der Waals surface area contributed by atoms with E-state index in [1.807, 2.05) is 5.32 Å². The number of nitrogens with one attached hydrogen (secondary N) is 1. The number of ether oxygens (including phenoxy) is 1. The Bertz CT molecular complexity index is 435. The van der Waals surface area contributed by atoms with E-state index in [1.165, 1.54) is 7.11 Å². The molecule has 1 N–H and O–H groups in total. The van der Waals surface area contributed by atoms with E-state index >= 15 is 0 Å². The molecule has 0 aromatic heterocycles. The summed E-state index contributed by atoms with van der Waals surface area (Å²) in [6, 6.07) is 5.31. The summed E-state index contributed by atoms with van der Waals surface area (Å²) >= 11 is 2.08. The lowest BCUT2D eigenvalue weighted by atomic mass is 10.1. The van der Waals surface area contributed by atoms with Gasteiger partial charge in [0.15, 0.2) is 0 Å². The summed E-state index contributed by atoms with van der Waals surface area (Å²) in [7, 11) is 1.51. The summed E-state index contributed by atoms with van der Waals surface area (Å²) in [5.41, 5.74) is 0.831. The molecule has 0 atom stereocenters. The van der Waals surface area contributed by atoms with Gasteiger partial charge in [-0.3, -0.25) is 4.79 Å². The Morgan fingerprint density at radius 2 is 2.11 bits per heavy atom. The summed E-state index contributed by atoms with van der Waals surface area (Å²) in [6.07, 6.45) is -4.52. The lowest BCUT2D eigenvalue weighted by Crippen LogP contribution is -2.37. The van der Waals surface area contributed by atoms with Crippen LogP contribution in [0, 0.1) is 3.57 Å². The summed E-state index contributed by atoms with van der Waals surface area (Å²) in [4.78, 5) is 10.6. The van der Waals surface area contributed by atoms with Gasteiger partial charge in [-0.25, -0.2) is 0 Å². The molecule has 0 fully saturated rings. The maximum Gasteiger partial charge on any atom is 0.471 e. The number of benzene rings is 1. The molecule has 0 spiro atoms. The standard InChI is InChI=1S/C11H11F3INO2/c1-18-8-2-3-9(15)7(6-8)4-5-16-10(17)11(12,13)14/h2-3,6H,4-5H2,1H3,(H,16,17). The minimum absolute atomic E-state index is 0.0679. The molecule has 0 aliphatic rings. The molecule has 0 heterocycles. The molecule has 3 nitrogen and oxygen atoms in total. The molecule has 1 amide bonds. The van der Waals surface area contributed by atoms with Crippen molar-refractivity contribution in [3.8, 4) is 5.75 Å². The van der Waals surface area contributed by atoms with Crippen LogP contribution in [0.4, 0.5) is 13.2 Å². The van der Waals surface area contributed by atoms with Crippen molar-refractivity contribution in [3.05, 3.63) is 27.3 Å². The molecule has 100 valence electrons. The average molecular weight is 373 g/mol. The quantitative estimate of drug-likeness (QED) is 0.824. The number of rotatable bonds is 4. The molecule has 1 rings (SSSR count). The van der Waals surface area contributed by atoms with Gasteiger partial charge in [0.05, 0.1) is 7.11 Å². The van der Waals surface area contributed by atoms with Gasteiger partial charge in [-0.15, -0.1) is 0 Å². The Morgan fingerprint density at radius 3 is 2.67 bits per heavy atom. The lowest BCUT2D eigenvalue weighted by Gasteiger charge is -2.10. The smallest absolute Gasteiger partial charge is 0.471 e. The Morgan fingerprint density at radius 1 is 1.44 bits per heavy atom. The highest BCUT2D eigenvalue weighted by Crippen LogP contribution is 2.20. The highest BCUT2D eigenvalue weighted by atomic mass is 127. The topological polar surface area (TPSA) is 38.3 Å². The van der Waals surface area contributed by atoms with Gasteiger partial charge < -0.3 is 10.1 Å². The van der Waals surface area contributed by atoms with Crippen LogP contribution in [0.25, 0.3) is 0 Å². The number of hydrogen-bond donors (Lipinski definition) is 1. The summed E-state index contributed by atoms with van der Waals surface area (Å²) < 4.78 is 41.8. The van der Waals surface area contributed by atoms with Crippen LogP contribution >= 0.6 is 22.6 Å². The summed E-state index contributed by atoms with van der Waals surface area (Å²) in [5, 5.41) is 1.83. The molecule has 0 unspecified atom stereocenters. The summed E-state index contributed by atoms with van der Waals surface area (Å²) in [5.74, 6) is -1.28.